The molecule has 1 saturated carbocycles. The van der Waals surface area contributed by atoms with Crippen molar-refractivity contribution >= 4 is 0 Å². The number of hydrogen-bond donors (Lipinski definition) is 1. The third-order valence-corrected chi connectivity index (χ3v) is 2.51. The maximum atomic E-state index is 11.4. The quantitative estimate of drug-likeness (QED) is 0.789. The lowest BCUT2D eigenvalue weighted by Gasteiger charge is -2.12. The standard InChI is InChI=1S/C10H11N3O2/c1-15-8(6-2-3-6)9-12-5-7(4-11)10(14)13-9/h5-6,8H,2-3H2,1H3,(H,12,13,14). The molecule has 5 heteroatoms. The fourth-order valence-corrected chi connectivity index (χ4v) is 1.56. The van der Waals surface area contributed by atoms with Crippen molar-refractivity contribution in [3.63, 3.8) is 0 Å². The fraction of sp³-hybridized carbons (Fsp3) is 0.500. The first-order valence-corrected chi connectivity index (χ1v) is 4.78. The van der Waals surface area contributed by atoms with Gasteiger partial charge in [-0.3, -0.25) is 4.79 Å². The molecule has 1 fully saturated rings. The van der Waals surface area contributed by atoms with Gasteiger partial charge in [0.15, 0.2) is 0 Å². The summed E-state index contributed by atoms with van der Waals surface area (Å²) in [6.07, 6.45) is 3.35. The molecule has 1 N–H and O–H groups in total. The minimum absolute atomic E-state index is 0.0319. The van der Waals surface area contributed by atoms with Gasteiger partial charge < -0.3 is 9.72 Å². The van der Waals surface area contributed by atoms with E-state index in [2.05, 4.69) is 9.97 Å². The molecule has 1 unspecified atom stereocenters. The Balaban J connectivity index is 2.33. The average Bonchev–Trinajstić information content (AvgIpc) is 3.03. The number of rotatable bonds is 3. The Morgan fingerprint density at radius 2 is 2.47 bits per heavy atom. The predicted molar refractivity (Wildman–Crippen MR) is 52.0 cm³/mol. The molecular weight excluding hydrogens is 194 g/mol. The Morgan fingerprint density at radius 3 is 2.93 bits per heavy atom. The van der Waals surface area contributed by atoms with Gasteiger partial charge in [-0.05, 0) is 18.8 Å². The first-order valence-electron chi connectivity index (χ1n) is 4.78. The number of ether oxygens (including phenoxy) is 1. The highest BCUT2D eigenvalue weighted by Crippen LogP contribution is 2.41. The molecule has 0 aromatic carbocycles. The van der Waals surface area contributed by atoms with Gasteiger partial charge in [-0.15, -0.1) is 0 Å². The van der Waals surface area contributed by atoms with E-state index in [-0.39, 0.29) is 11.7 Å². The second kappa shape index (κ2) is 3.83. The molecule has 1 heterocycles. The van der Waals surface area contributed by atoms with Crippen LogP contribution in [0.1, 0.15) is 30.3 Å². The van der Waals surface area contributed by atoms with Crippen LogP contribution in [0, 0.1) is 17.2 Å². The molecule has 0 saturated heterocycles. The SMILES string of the molecule is COC(c1ncc(C#N)c(=O)[nH]1)C1CC1. The molecule has 0 bridgehead atoms. The van der Waals surface area contributed by atoms with Crippen molar-refractivity contribution in [2.24, 2.45) is 5.92 Å². The maximum absolute atomic E-state index is 11.4. The van der Waals surface area contributed by atoms with Crippen LogP contribution in [-0.4, -0.2) is 17.1 Å². The van der Waals surface area contributed by atoms with Gasteiger partial charge in [-0.25, -0.2) is 4.98 Å². The molecule has 78 valence electrons. The zero-order valence-corrected chi connectivity index (χ0v) is 8.36. The Hall–Kier alpha value is -1.67. The lowest BCUT2D eigenvalue weighted by atomic mass is 10.2. The lowest BCUT2D eigenvalue weighted by Crippen LogP contribution is -2.18. The van der Waals surface area contributed by atoms with Crippen molar-refractivity contribution in [1.29, 1.82) is 5.26 Å². The molecule has 1 aromatic heterocycles. The number of H-pyrrole nitrogens is 1. The van der Waals surface area contributed by atoms with Crippen LogP contribution in [-0.2, 0) is 4.74 Å². The van der Waals surface area contributed by atoms with Crippen molar-refractivity contribution in [1.82, 2.24) is 9.97 Å². The van der Waals surface area contributed by atoms with Crippen molar-refractivity contribution in [3.05, 3.63) is 27.9 Å². The monoisotopic (exact) mass is 205 g/mol. The molecule has 1 atom stereocenters. The van der Waals surface area contributed by atoms with Crippen LogP contribution in [0.4, 0.5) is 0 Å². The van der Waals surface area contributed by atoms with E-state index in [0.717, 1.165) is 12.8 Å². The van der Waals surface area contributed by atoms with E-state index in [1.54, 1.807) is 13.2 Å². The van der Waals surface area contributed by atoms with Crippen LogP contribution in [0.2, 0.25) is 0 Å². The van der Waals surface area contributed by atoms with Crippen LogP contribution in [0.3, 0.4) is 0 Å². The van der Waals surface area contributed by atoms with Gasteiger partial charge in [-0.2, -0.15) is 5.26 Å². The van der Waals surface area contributed by atoms with Crippen LogP contribution in [0.25, 0.3) is 0 Å². The van der Waals surface area contributed by atoms with Crippen LogP contribution >= 0.6 is 0 Å². The van der Waals surface area contributed by atoms with Gasteiger partial charge in [0.2, 0.25) is 0 Å². The first kappa shape index (κ1) is 9.87. The average molecular weight is 205 g/mol. The van der Waals surface area contributed by atoms with Crippen molar-refractivity contribution in [2.45, 2.75) is 18.9 Å². The van der Waals surface area contributed by atoms with E-state index < -0.39 is 5.56 Å². The van der Waals surface area contributed by atoms with E-state index in [9.17, 15) is 4.79 Å². The van der Waals surface area contributed by atoms with E-state index in [1.165, 1.54) is 6.20 Å². The van der Waals surface area contributed by atoms with E-state index in [4.69, 9.17) is 10.00 Å². The third-order valence-electron chi connectivity index (χ3n) is 2.51. The normalized spacial score (nSPS) is 17.1. The Bertz CT molecular complexity index is 456. The number of hydrogen-bond acceptors (Lipinski definition) is 4. The molecule has 1 aromatic rings. The zero-order chi connectivity index (χ0) is 10.8. The molecule has 1 aliphatic carbocycles. The van der Waals surface area contributed by atoms with E-state index in [0.29, 0.717) is 11.7 Å². The number of nitrogens with one attached hydrogen (secondary N) is 1. The molecule has 0 amide bonds. The molecule has 5 nitrogen and oxygen atoms in total. The number of nitrogens with zero attached hydrogens (tertiary/aromatic N) is 2. The summed E-state index contributed by atoms with van der Waals surface area (Å²) in [5.41, 5.74) is -0.366. The summed E-state index contributed by atoms with van der Waals surface area (Å²) in [4.78, 5) is 18.0. The van der Waals surface area contributed by atoms with Crippen LogP contribution < -0.4 is 5.56 Å². The fourth-order valence-electron chi connectivity index (χ4n) is 1.56. The number of nitriles is 1. The topological polar surface area (TPSA) is 78.8 Å². The van der Waals surface area contributed by atoms with Crippen molar-refractivity contribution in [3.8, 4) is 6.07 Å². The van der Waals surface area contributed by atoms with Crippen molar-refractivity contribution < 1.29 is 4.74 Å². The highest BCUT2D eigenvalue weighted by atomic mass is 16.5. The third kappa shape index (κ3) is 1.90. The summed E-state index contributed by atoms with van der Waals surface area (Å²) in [6, 6.07) is 1.78. The second-order valence-electron chi connectivity index (χ2n) is 3.62. The summed E-state index contributed by atoms with van der Waals surface area (Å²) in [5.74, 6) is 0.968. The Labute approximate surface area is 86.7 Å². The smallest absolute Gasteiger partial charge is 0.268 e. The van der Waals surface area contributed by atoms with Gasteiger partial charge in [0.1, 0.15) is 23.6 Å². The van der Waals surface area contributed by atoms with Gasteiger partial charge >= 0.3 is 0 Å². The number of aromatic nitrogens is 2. The number of aromatic amines is 1. The number of methoxy groups -OCH3 is 1. The van der Waals surface area contributed by atoms with Crippen LogP contribution in [0.15, 0.2) is 11.0 Å². The van der Waals surface area contributed by atoms with Gasteiger partial charge in [-0.1, -0.05) is 0 Å². The molecule has 2 rings (SSSR count). The first-order chi connectivity index (χ1) is 7.26. The summed E-state index contributed by atoms with van der Waals surface area (Å²) >= 11 is 0. The van der Waals surface area contributed by atoms with E-state index >= 15 is 0 Å². The van der Waals surface area contributed by atoms with E-state index in [1.807, 2.05) is 0 Å². The highest BCUT2D eigenvalue weighted by Gasteiger charge is 2.34. The minimum Gasteiger partial charge on any atom is -0.373 e. The largest absolute Gasteiger partial charge is 0.373 e. The Kier molecular flexibility index (Phi) is 2.52. The molecular formula is C10H11N3O2. The van der Waals surface area contributed by atoms with Crippen molar-refractivity contribution in [2.75, 3.05) is 7.11 Å². The summed E-state index contributed by atoms with van der Waals surface area (Å²) in [6.45, 7) is 0. The molecule has 1 aliphatic rings. The summed E-state index contributed by atoms with van der Waals surface area (Å²) in [5, 5.41) is 8.59. The lowest BCUT2D eigenvalue weighted by molar-refractivity contribution is 0.0769. The highest BCUT2D eigenvalue weighted by molar-refractivity contribution is 5.22. The summed E-state index contributed by atoms with van der Waals surface area (Å²) < 4.78 is 5.27. The maximum Gasteiger partial charge on any atom is 0.268 e. The molecule has 15 heavy (non-hydrogen) atoms. The van der Waals surface area contributed by atoms with Gasteiger partial charge in [0.05, 0.1) is 6.20 Å². The van der Waals surface area contributed by atoms with Gasteiger partial charge in [0.25, 0.3) is 5.56 Å². The second-order valence-corrected chi connectivity index (χ2v) is 3.62. The predicted octanol–water partition coefficient (Wildman–Crippen LogP) is 0.739. The molecule has 0 radical (unpaired) electrons. The molecule has 0 aliphatic heterocycles. The zero-order valence-electron chi connectivity index (χ0n) is 8.36. The Morgan fingerprint density at radius 1 is 1.73 bits per heavy atom. The summed E-state index contributed by atoms with van der Waals surface area (Å²) in [7, 11) is 1.60. The minimum atomic E-state index is -0.398. The molecule has 0 spiro atoms. The van der Waals surface area contributed by atoms with Gasteiger partial charge in [0, 0.05) is 7.11 Å². The van der Waals surface area contributed by atoms with Crippen LogP contribution in [0.5, 0.6) is 0 Å².